The zero-order valence-corrected chi connectivity index (χ0v) is 40.3. The second-order valence-corrected chi connectivity index (χ2v) is 23.4. The quantitative estimate of drug-likeness (QED) is 0.106. The molecule has 0 aliphatic rings. The molecular formula is C56H52IrN2SSi-2. The number of rotatable bonds is 9. The van der Waals surface area contributed by atoms with Crippen LogP contribution in [0.1, 0.15) is 48.9 Å². The molecule has 1 atom stereocenters. The Balaban J connectivity index is 0.000000188. The number of thiophene rings is 1. The van der Waals surface area contributed by atoms with Crippen LogP contribution < -0.4 is 5.19 Å². The van der Waals surface area contributed by atoms with E-state index >= 15 is 0 Å². The summed E-state index contributed by atoms with van der Waals surface area (Å²) in [5.74, 6) is 0.949. The summed E-state index contributed by atoms with van der Waals surface area (Å²) in [5.41, 5.74) is 14.4. The first kappa shape index (κ1) is 43.8. The van der Waals surface area contributed by atoms with E-state index in [0.717, 1.165) is 28.9 Å². The van der Waals surface area contributed by atoms with Crippen molar-refractivity contribution in [2.75, 3.05) is 0 Å². The Hall–Kier alpha value is -5.29. The van der Waals surface area contributed by atoms with Crippen molar-refractivity contribution in [1.82, 2.24) is 9.97 Å². The van der Waals surface area contributed by atoms with E-state index in [9.17, 15) is 0 Å². The SMILES string of the molecule is CC(C)Cc1cc(-c2[c-]cc(-c3ccccc3)cc2)ncc1[Si](C)(C)C.Cc1c[c-]c(-c2cc(C(C)c3ccccc3)ccn2)c2sc3ccc(-c4ccccc4)cc3c12.[Ir]. The third-order valence-electron chi connectivity index (χ3n) is 11.3. The summed E-state index contributed by atoms with van der Waals surface area (Å²) < 4.78 is 2.56. The minimum Gasteiger partial charge on any atom is -0.305 e. The first-order valence-corrected chi connectivity index (χ1v) is 25.4. The largest absolute Gasteiger partial charge is 0.305 e. The number of fused-ring (bicyclic) bond motifs is 3. The van der Waals surface area contributed by atoms with Crippen molar-refractivity contribution >= 4 is 44.8 Å². The van der Waals surface area contributed by atoms with Crippen LogP contribution in [0.25, 0.3) is 64.9 Å². The second-order valence-electron chi connectivity index (χ2n) is 17.3. The predicted octanol–water partition coefficient (Wildman–Crippen LogP) is 15.0. The number of aromatic nitrogens is 2. The van der Waals surface area contributed by atoms with Gasteiger partial charge in [-0.1, -0.05) is 179 Å². The Bertz CT molecular complexity index is 2860. The Morgan fingerprint density at radius 3 is 1.92 bits per heavy atom. The Morgan fingerprint density at radius 2 is 1.28 bits per heavy atom. The van der Waals surface area contributed by atoms with Crippen LogP contribution in [0.3, 0.4) is 0 Å². The number of hydrogen-bond acceptors (Lipinski definition) is 3. The monoisotopic (exact) mass is 1010 g/mol. The van der Waals surface area contributed by atoms with Crippen molar-refractivity contribution in [2.45, 2.75) is 59.7 Å². The molecule has 9 rings (SSSR count). The number of benzene rings is 6. The first-order valence-electron chi connectivity index (χ1n) is 21.0. The number of nitrogens with zero attached hydrogens (tertiary/aromatic N) is 2. The maximum Gasteiger partial charge on any atom is 0.0798 e. The molecule has 0 aliphatic carbocycles. The molecule has 3 heterocycles. The smallest absolute Gasteiger partial charge is 0.0798 e. The topological polar surface area (TPSA) is 25.8 Å². The average molecular weight is 1010 g/mol. The molecule has 0 saturated carbocycles. The molecule has 61 heavy (non-hydrogen) atoms. The Labute approximate surface area is 381 Å². The molecule has 0 spiro atoms. The van der Waals surface area contributed by atoms with Gasteiger partial charge in [0.1, 0.15) is 0 Å². The van der Waals surface area contributed by atoms with Crippen LogP contribution in [-0.2, 0) is 26.5 Å². The molecule has 6 aromatic carbocycles. The molecule has 0 amide bonds. The van der Waals surface area contributed by atoms with Crippen LogP contribution in [0.2, 0.25) is 19.6 Å². The Kier molecular flexibility index (Phi) is 13.8. The van der Waals surface area contributed by atoms with Gasteiger partial charge < -0.3 is 9.97 Å². The van der Waals surface area contributed by atoms with Crippen molar-refractivity contribution in [3.8, 4) is 44.8 Å². The summed E-state index contributed by atoms with van der Waals surface area (Å²) >= 11 is 1.84. The fourth-order valence-corrected chi connectivity index (χ4v) is 10.9. The van der Waals surface area contributed by atoms with E-state index in [0.29, 0.717) is 11.8 Å². The van der Waals surface area contributed by atoms with Crippen LogP contribution in [0.4, 0.5) is 0 Å². The summed E-state index contributed by atoms with van der Waals surface area (Å²) in [5, 5.41) is 4.11. The molecule has 0 bridgehead atoms. The number of aryl methyl sites for hydroxylation is 1. The van der Waals surface area contributed by atoms with Crippen molar-refractivity contribution in [1.29, 1.82) is 0 Å². The zero-order chi connectivity index (χ0) is 41.8. The van der Waals surface area contributed by atoms with Crippen molar-refractivity contribution in [3.63, 3.8) is 0 Å². The van der Waals surface area contributed by atoms with Crippen LogP contribution >= 0.6 is 11.3 Å². The number of pyridine rings is 2. The van der Waals surface area contributed by atoms with Gasteiger partial charge in [0.15, 0.2) is 0 Å². The normalized spacial score (nSPS) is 11.9. The van der Waals surface area contributed by atoms with Crippen molar-refractivity contribution in [2.24, 2.45) is 5.92 Å². The third-order valence-corrected chi connectivity index (χ3v) is 14.6. The summed E-state index contributed by atoms with van der Waals surface area (Å²) in [7, 11) is -1.39. The van der Waals surface area contributed by atoms with E-state index in [1.165, 1.54) is 69.9 Å². The maximum absolute atomic E-state index is 4.79. The van der Waals surface area contributed by atoms with E-state index in [-0.39, 0.29) is 20.1 Å². The van der Waals surface area contributed by atoms with Gasteiger partial charge in [-0.05, 0) is 79.5 Å². The van der Waals surface area contributed by atoms with Crippen LogP contribution in [0, 0.1) is 25.0 Å². The Morgan fingerprint density at radius 1 is 0.623 bits per heavy atom. The van der Waals surface area contributed by atoms with Gasteiger partial charge in [-0.25, -0.2) is 0 Å². The van der Waals surface area contributed by atoms with Gasteiger partial charge in [-0.3, -0.25) is 0 Å². The van der Waals surface area contributed by atoms with Gasteiger partial charge in [0, 0.05) is 43.1 Å². The first-order chi connectivity index (χ1) is 29.0. The van der Waals surface area contributed by atoms with E-state index in [4.69, 9.17) is 9.97 Å². The minimum atomic E-state index is -1.39. The standard InChI is InChI=1S/C32H24NS.C24H28NSi.Ir/c1-21-13-15-27(29-20-25(17-18-33-29)22(2)23-9-5-3-6-10-23)32-31(21)28-19-26(14-16-30(28)34-32)24-11-7-4-8-12-24;1-18(2)15-22-16-23(25-17-24(22)26(3,4)5)21-13-11-20(12-14-21)19-9-7-6-8-10-19;/h3-14,16-20,22H,1-2H3;6-13,16-18H,15H2,1-5H3;/q2*-1;. The molecule has 0 aliphatic heterocycles. The fraction of sp³-hybridized carbons (Fsp3) is 0.179. The molecule has 0 N–H and O–H groups in total. The van der Waals surface area contributed by atoms with Crippen LogP contribution in [0.15, 0.2) is 164 Å². The summed E-state index contributed by atoms with van der Waals surface area (Å²) in [4.78, 5) is 9.57. The minimum absolute atomic E-state index is 0. The van der Waals surface area contributed by atoms with Gasteiger partial charge >= 0.3 is 0 Å². The molecule has 9 aromatic rings. The van der Waals surface area contributed by atoms with Gasteiger partial charge in [0.2, 0.25) is 0 Å². The van der Waals surface area contributed by atoms with Crippen LogP contribution in [-0.4, -0.2) is 18.0 Å². The van der Waals surface area contributed by atoms with Gasteiger partial charge in [0.05, 0.1) is 8.07 Å². The van der Waals surface area contributed by atoms with E-state index in [1.807, 2.05) is 23.6 Å². The molecule has 0 saturated heterocycles. The summed E-state index contributed by atoms with van der Waals surface area (Å²) in [6, 6.07) is 60.7. The van der Waals surface area contributed by atoms with Gasteiger partial charge in [-0.2, -0.15) is 11.3 Å². The molecule has 1 radical (unpaired) electrons. The van der Waals surface area contributed by atoms with E-state index in [1.54, 1.807) is 0 Å². The molecule has 1 unspecified atom stereocenters. The van der Waals surface area contributed by atoms with Crippen molar-refractivity contribution < 1.29 is 20.1 Å². The van der Waals surface area contributed by atoms with Gasteiger partial charge in [0.25, 0.3) is 0 Å². The number of hydrogen-bond donors (Lipinski definition) is 0. The molecular weight excluding hydrogens is 953 g/mol. The van der Waals surface area contributed by atoms with Crippen LogP contribution in [0.5, 0.6) is 0 Å². The summed E-state index contributed by atoms with van der Waals surface area (Å²) in [6.07, 6.45) is 5.17. The fourth-order valence-electron chi connectivity index (χ4n) is 8.09. The van der Waals surface area contributed by atoms with E-state index < -0.39 is 8.07 Å². The zero-order valence-electron chi connectivity index (χ0n) is 36.1. The summed E-state index contributed by atoms with van der Waals surface area (Å²) in [6.45, 7) is 16.2. The second kappa shape index (κ2) is 19.2. The van der Waals surface area contributed by atoms with E-state index in [2.05, 4.69) is 211 Å². The third kappa shape index (κ3) is 9.93. The molecule has 3 aromatic heterocycles. The molecule has 2 nitrogen and oxygen atoms in total. The molecule has 307 valence electrons. The predicted molar refractivity (Wildman–Crippen MR) is 261 cm³/mol. The van der Waals surface area contributed by atoms with Crippen molar-refractivity contribution in [3.05, 3.63) is 198 Å². The molecule has 0 fully saturated rings. The average Bonchev–Trinajstić information content (AvgIpc) is 3.67. The van der Waals surface area contributed by atoms with Gasteiger partial charge in [-0.15, -0.1) is 53.1 Å². The molecule has 5 heteroatoms. The maximum atomic E-state index is 4.79.